The molecule has 2 aromatic carbocycles. The summed E-state index contributed by atoms with van der Waals surface area (Å²) in [5.41, 5.74) is 1.64. The minimum Gasteiger partial charge on any atom is -0.810 e. The van der Waals surface area contributed by atoms with Crippen LogP contribution in [-0.4, -0.2) is 18.0 Å². The molecule has 0 bridgehead atoms. The van der Waals surface area contributed by atoms with E-state index in [-0.39, 0.29) is 167 Å². The molecule has 0 N–H and O–H groups in total. The van der Waals surface area contributed by atoms with E-state index in [1.807, 2.05) is 18.2 Å². The molecule has 8 nitrogen and oxygen atoms in total. The minimum atomic E-state index is -5.53. The van der Waals surface area contributed by atoms with Gasteiger partial charge in [0, 0.05) is 5.56 Å². The molecule has 0 aliphatic carbocycles. The molecule has 3 rings (SSSR count). The third kappa shape index (κ3) is 11.8. The Morgan fingerprint density at radius 2 is 1.61 bits per heavy atom. The van der Waals surface area contributed by atoms with E-state index >= 15 is 0 Å². The first kappa shape index (κ1) is 35.5. The van der Waals surface area contributed by atoms with Gasteiger partial charge < -0.3 is 28.1 Å². The predicted octanol–water partition coefficient (Wildman–Crippen LogP) is -6.14. The van der Waals surface area contributed by atoms with E-state index < -0.39 is 29.1 Å². The first-order valence-electron chi connectivity index (χ1n) is 9.00. The second-order valence-electron chi connectivity index (χ2n) is 6.63. The van der Waals surface area contributed by atoms with Crippen molar-refractivity contribution in [3.8, 4) is 22.8 Å². The van der Waals surface area contributed by atoms with Crippen LogP contribution in [0, 0.1) is 0 Å². The van der Waals surface area contributed by atoms with E-state index in [4.69, 9.17) is 9.15 Å². The standard InChI is InChI=1S/C20H21O8PS.3K/c21-29(22,23)20(30(24,25)26)8-2-5-15-4-1-6-18(14-15)28-17-11-9-16(10-12-17)19-7-3-13-27-19;;;/h1,3-4,6-7,9-14,20H,2,5,8H2,(H2,21,22,23)(H,24,25,26);;;/q;3*+1/p-3. The molecule has 13 heteroatoms. The van der Waals surface area contributed by atoms with Gasteiger partial charge in [0.25, 0.3) is 0 Å². The van der Waals surface area contributed by atoms with Crippen molar-refractivity contribution < 1.29 is 191 Å². The van der Waals surface area contributed by atoms with E-state index in [1.165, 1.54) is 0 Å². The molecule has 1 atom stereocenters. The normalized spacial score (nSPS) is 12.0. The molecule has 1 heterocycles. The minimum absolute atomic E-state index is 0. The summed E-state index contributed by atoms with van der Waals surface area (Å²) in [6.07, 6.45) is 1.37. The number of rotatable bonds is 9. The molecule has 33 heavy (non-hydrogen) atoms. The Kier molecular flexibility index (Phi) is 17.7. The second kappa shape index (κ2) is 16.5. The van der Waals surface area contributed by atoms with Crippen LogP contribution >= 0.6 is 7.60 Å². The third-order valence-corrected chi connectivity index (χ3v) is 7.81. The summed E-state index contributed by atoms with van der Waals surface area (Å²) < 4.78 is 55.3. The largest absolute Gasteiger partial charge is 1.00 e. The van der Waals surface area contributed by atoms with Crippen LogP contribution in [0.3, 0.4) is 0 Å². The fraction of sp³-hybridized carbons (Fsp3) is 0.200. The maximum absolute atomic E-state index is 11.0. The number of hydrogen-bond donors (Lipinski definition) is 0. The quantitative estimate of drug-likeness (QED) is 0.142. The van der Waals surface area contributed by atoms with Crippen molar-refractivity contribution in [1.29, 1.82) is 0 Å². The van der Waals surface area contributed by atoms with E-state index in [1.54, 1.807) is 48.7 Å². The zero-order valence-corrected chi connectivity index (χ0v) is 29.8. The van der Waals surface area contributed by atoms with Crippen molar-refractivity contribution in [3.05, 3.63) is 72.5 Å². The van der Waals surface area contributed by atoms with Gasteiger partial charge in [-0.05, 0) is 73.4 Å². The van der Waals surface area contributed by atoms with Gasteiger partial charge in [0.15, 0.2) is 0 Å². The van der Waals surface area contributed by atoms with Crippen molar-refractivity contribution >= 4 is 17.7 Å². The monoisotopic (exact) mass is 566 g/mol. The number of hydrogen-bond acceptors (Lipinski definition) is 8. The summed E-state index contributed by atoms with van der Waals surface area (Å²) in [6, 6.07) is 17.9. The Morgan fingerprint density at radius 3 is 2.15 bits per heavy atom. The second-order valence-corrected chi connectivity index (χ2v) is 10.2. The average Bonchev–Trinajstić information content (AvgIpc) is 3.19. The van der Waals surface area contributed by atoms with Gasteiger partial charge in [0.05, 0.1) is 11.3 Å². The maximum Gasteiger partial charge on any atom is 1.00 e. The van der Waals surface area contributed by atoms with Crippen LogP contribution in [0.25, 0.3) is 11.3 Å². The summed E-state index contributed by atoms with van der Waals surface area (Å²) in [4.78, 5) is 19.6. The maximum atomic E-state index is 11.0. The van der Waals surface area contributed by atoms with Crippen LogP contribution in [0.4, 0.5) is 0 Å². The molecular formula is C20H18K3O8PS. The van der Waals surface area contributed by atoms with Crippen molar-refractivity contribution in [2.45, 2.75) is 24.3 Å². The number of benzene rings is 2. The number of ether oxygens (including phenoxy) is 1. The Hall–Kier alpha value is 2.49. The summed E-state index contributed by atoms with van der Waals surface area (Å²) in [7, 11) is -10.7. The van der Waals surface area contributed by atoms with Crippen molar-refractivity contribution in [2.75, 3.05) is 0 Å². The molecule has 0 spiro atoms. The van der Waals surface area contributed by atoms with Gasteiger partial charge in [-0.15, -0.1) is 0 Å². The third-order valence-electron chi connectivity index (χ3n) is 4.40. The molecule has 0 fully saturated rings. The van der Waals surface area contributed by atoms with Crippen LogP contribution in [0.2, 0.25) is 0 Å². The molecule has 0 aliphatic heterocycles. The summed E-state index contributed by atoms with van der Waals surface area (Å²) >= 11 is 0. The number of furan rings is 1. The summed E-state index contributed by atoms with van der Waals surface area (Å²) in [5.74, 6) is 1.87. The molecule has 0 radical (unpaired) electrons. The zero-order valence-electron chi connectivity index (χ0n) is 18.7. The van der Waals surface area contributed by atoms with Gasteiger partial charge in [0.2, 0.25) is 0 Å². The molecule has 160 valence electrons. The Labute approximate surface area is 320 Å². The van der Waals surface area contributed by atoms with Crippen LogP contribution in [0.1, 0.15) is 18.4 Å². The molecule has 1 unspecified atom stereocenters. The van der Waals surface area contributed by atoms with Crippen LogP contribution < -0.4 is 169 Å². The van der Waals surface area contributed by atoms with E-state index in [0.29, 0.717) is 11.5 Å². The van der Waals surface area contributed by atoms with Gasteiger partial charge in [-0.1, -0.05) is 19.7 Å². The van der Waals surface area contributed by atoms with Gasteiger partial charge >= 0.3 is 154 Å². The molecule has 3 aromatic rings. The number of aryl methyl sites for hydroxylation is 1. The van der Waals surface area contributed by atoms with Crippen LogP contribution in [0.15, 0.2) is 71.3 Å². The molecule has 0 amide bonds. The first-order chi connectivity index (χ1) is 14.1. The molecule has 0 aliphatic rings. The van der Waals surface area contributed by atoms with Crippen molar-refractivity contribution in [1.82, 2.24) is 0 Å². The van der Waals surface area contributed by atoms with E-state index in [2.05, 4.69) is 0 Å². The SMILES string of the molecule is O=P([O-])([O-])C(CCCc1cccc(Oc2ccc(-c3ccco3)cc2)c1)S(=O)(=O)[O-].[K+].[K+].[K+]. The van der Waals surface area contributed by atoms with Gasteiger partial charge in [-0.3, -0.25) is 0 Å². The summed E-state index contributed by atoms with van der Waals surface area (Å²) in [6.45, 7) is 0. The van der Waals surface area contributed by atoms with Gasteiger partial charge in [-0.2, -0.15) is 0 Å². The fourth-order valence-electron chi connectivity index (χ4n) is 2.97. The van der Waals surface area contributed by atoms with Crippen LogP contribution in [-0.2, 0) is 21.1 Å². The zero-order chi connectivity index (χ0) is 21.8. The van der Waals surface area contributed by atoms with Gasteiger partial charge in [0.1, 0.15) is 27.4 Å². The van der Waals surface area contributed by atoms with Crippen molar-refractivity contribution in [3.63, 3.8) is 0 Å². The predicted molar refractivity (Wildman–Crippen MR) is 105 cm³/mol. The Balaban J connectivity index is 0.00000341. The molecular weight excluding hydrogens is 549 g/mol. The van der Waals surface area contributed by atoms with E-state index in [0.717, 1.165) is 16.9 Å². The van der Waals surface area contributed by atoms with Crippen LogP contribution in [0.5, 0.6) is 11.5 Å². The fourth-order valence-corrected chi connectivity index (χ4v) is 5.19. The van der Waals surface area contributed by atoms with Crippen molar-refractivity contribution in [2.24, 2.45) is 0 Å². The Bertz CT molecular complexity index is 1130. The Morgan fingerprint density at radius 1 is 0.939 bits per heavy atom. The molecule has 0 saturated heterocycles. The van der Waals surface area contributed by atoms with Gasteiger partial charge in [-0.25, -0.2) is 8.42 Å². The van der Waals surface area contributed by atoms with E-state index in [9.17, 15) is 27.3 Å². The average molecular weight is 567 g/mol. The first-order valence-corrected chi connectivity index (χ1v) is 12.1. The topological polar surface area (TPSA) is 143 Å². The summed E-state index contributed by atoms with van der Waals surface area (Å²) in [5, 5.41) is 0. The smallest absolute Gasteiger partial charge is 0.810 e. The molecule has 1 aromatic heterocycles. The molecule has 0 saturated carbocycles.